The fourth-order valence-electron chi connectivity index (χ4n) is 4.11. The standard InChI is InChI=1S/C30H26BrFO2/c1-20-14-25(27(31)16-29(20)33-18-21-8-4-2-5-9-21)26-15-24(23-12-13-23)30(17-28(26)32)34-19-22-10-6-3-7-11-22/h2-11,14-17,23H,12-13,18-19H2,1H3. The molecule has 0 amide bonds. The van der Waals surface area contributed by atoms with E-state index < -0.39 is 0 Å². The van der Waals surface area contributed by atoms with Gasteiger partial charge in [-0.1, -0.05) is 76.6 Å². The van der Waals surface area contributed by atoms with Crippen LogP contribution in [0.5, 0.6) is 11.5 Å². The van der Waals surface area contributed by atoms with Gasteiger partial charge in [0.15, 0.2) is 0 Å². The Bertz CT molecular complexity index is 1280. The number of ether oxygens (including phenoxy) is 2. The van der Waals surface area contributed by atoms with Crippen LogP contribution < -0.4 is 9.47 Å². The maximum absolute atomic E-state index is 15.4. The van der Waals surface area contributed by atoms with E-state index in [2.05, 4.69) is 15.9 Å². The van der Waals surface area contributed by atoms with Crippen molar-refractivity contribution >= 4 is 15.9 Å². The molecule has 0 aromatic heterocycles. The Morgan fingerprint density at radius 2 is 1.35 bits per heavy atom. The molecule has 1 aliphatic carbocycles. The van der Waals surface area contributed by atoms with Gasteiger partial charge in [-0.3, -0.25) is 0 Å². The summed E-state index contributed by atoms with van der Waals surface area (Å²) >= 11 is 3.66. The minimum Gasteiger partial charge on any atom is -0.489 e. The largest absolute Gasteiger partial charge is 0.489 e. The molecule has 4 heteroatoms. The summed E-state index contributed by atoms with van der Waals surface area (Å²) in [6, 6.07) is 27.5. The lowest BCUT2D eigenvalue weighted by Gasteiger charge is -2.17. The van der Waals surface area contributed by atoms with E-state index in [4.69, 9.17) is 9.47 Å². The number of hydrogen-bond acceptors (Lipinski definition) is 2. The number of aryl methyl sites for hydroxylation is 1. The maximum Gasteiger partial charge on any atom is 0.134 e. The van der Waals surface area contributed by atoms with E-state index in [0.717, 1.165) is 50.9 Å². The quantitative estimate of drug-likeness (QED) is 0.233. The Morgan fingerprint density at radius 3 is 1.94 bits per heavy atom. The first-order valence-electron chi connectivity index (χ1n) is 11.6. The van der Waals surface area contributed by atoms with Crippen molar-refractivity contribution in [2.24, 2.45) is 0 Å². The molecule has 0 atom stereocenters. The van der Waals surface area contributed by atoms with E-state index in [-0.39, 0.29) is 5.82 Å². The number of rotatable bonds is 8. The molecule has 0 heterocycles. The van der Waals surface area contributed by atoms with Crippen LogP contribution in [0.2, 0.25) is 0 Å². The van der Waals surface area contributed by atoms with Gasteiger partial charge in [0.25, 0.3) is 0 Å². The first-order valence-corrected chi connectivity index (χ1v) is 12.3. The molecule has 1 fully saturated rings. The van der Waals surface area contributed by atoms with Crippen LogP contribution in [0.25, 0.3) is 11.1 Å². The summed E-state index contributed by atoms with van der Waals surface area (Å²) < 4.78 is 28.3. The zero-order valence-corrected chi connectivity index (χ0v) is 20.6. The third-order valence-corrected chi connectivity index (χ3v) is 6.80. The summed E-state index contributed by atoms with van der Waals surface area (Å²) in [7, 11) is 0. The number of hydrogen-bond donors (Lipinski definition) is 0. The molecule has 0 radical (unpaired) electrons. The zero-order valence-electron chi connectivity index (χ0n) is 19.1. The van der Waals surface area contributed by atoms with Crippen molar-refractivity contribution in [3.8, 4) is 22.6 Å². The van der Waals surface area contributed by atoms with E-state index in [1.807, 2.05) is 85.8 Å². The molecule has 172 valence electrons. The summed E-state index contributed by atoms with van der Waals surface area (Å²) in [6.07, 6.45) is 2.22. The van der Waals surface area contributed by atoms with Gasteiger partial charge >= 0.3 is 0 Å². The highest BCUT2D eigenvalue weighted by molar-refractivity contribution is 9.10. The van der Waals surface area contributed by atoms with Gasteiger partial charge in [-0.2, -0.15) is 0 Å². The predicted molar refractivity (Wildman–Crippen MR) is 138 cm³/mol. The topological polar surface area (TPSA) is 18.5 Å². The molecule has 34 heavy (non-hydrogen) atoms. The number of halogens is 2. The Hall–Kier alpha value is -3.11. The minimum atomic E-state index is -0.287. The van der Waals surface area contributed by atoms with Crippen molar-refractivity contribution in [2.45, 2.75) is 38.9 Å². The molecular weight excluding hydrogens is 491 g/mol. The molecule has 1 aliphatic rings. The summed E-state index contributed by atoms with van der Waals surface area (Å²) in [4.78, 5) is 0. The zero-order chi connectivity index (χ0) is 23.5. The average Bonchev–Trinajstić information content (AvgIpc) is 3.70. The average molecular weight is 517 g/mol. The smallest absolute Gasteiger partial charge is 0.134 e. The van der Waals surface area contributed by atoms with E-state index in [1.54, 1.807) is 6.07 Å². The van der Waals surface area contributed by atoms with Crippen LogP contribution in [0.3, 0.4) is 0 Å². The number of benzene rings is 4. The van der Waals surface area contributed by atoms with Crippen LogP contribution >= 0.6 is 15.9 Å². The van der Waals surface area contributed by atoms with Crippen molar-refractivity contribution in [1.29, 1.82) is 0 Å². The lowest BCUT2D eigenvalue weighted by molar-refractivity contribution is 0.301. The molecule has 5 rings (SSSR count). The molecule has 2 nitrogen and oxygen atoms in total. The van der Waals surface area contributed by atoms with E-state index in [0.29, 0.717) is 30.4 Å². The van der Waals surface area contributed by atoms with Gasteiger partial charge in [0, 0.05) is 16.1 Å². The third-order valence-electron chi connectivity index (χ3n) is 6.15. The van der Waals surface area contributed by atoms with Gasteiger partial charge < -0.3 is 9.47 Å². The molecule has 4 aromatic rings. The summed E-state index contributed by atoms with van der Waals surface area (Å²) in [6.45, 7) is 2.91. The first kappa shape index (κ1) is 22.7. The van der Waals surface area contributed by atoms with Gasteiger partial charge in [0.2, 0.25) is 0 Å². The molecule has 1 saturated carbocycles. The Balaban J connectivity index is 1.41. The first-order chi connectivity index (χ1) is 16.6. The van der Waals surface area contributed by atoms with Gasteiger partial charge in [-0.15, -0.1) is 0 Å². The summed E-state index contributed by atoms with van der Waals surface area (Å²) in [5.74, 6) is 1.57. The lowest BCUT2D eigenvalue weighted by Crippen LogP contribution is -2.01. The molecule has 0 N–H and O–H groups in total. The Kier molecular flexibility index (Phi) is 6.68. The van der Waals surface area contributed by atoms with Crippen molar-refractivity contribution in [3.05, 3.63) is 117 Å². The van der Waals surface area contributed by atoms with Crippen molar-refractivity contribution in [3.63, 3.8) is 0 Å². The molecular formula is C30H26BrFO2. The fourth-order valence-corrected chi connectivity index (χ4v) is 4.65. The normalized spacial score (nSPS) is 13.0. The van der Waals surface area contributed by atoms with Crippen LogP contribution in [-0.2, 0) is 13.2 Å². The van der Waals surface area contributed by atoms with Crippen LogP contribution in [-0.4, -0.2) is 0 Å². The monoisotopic (exact) mass is 516 g/mol. The van der Waals surface area contributed by atoms with Crippen molar-refractivity contribution < 1.29 is 13.9 Å². The van der Waals surface area contributed by atoms with Crippen molar-refractivity contribution in [2.75, 3.05) is 0 Å². The summed E-state index contributed by atoms with van der Waals surface area (Å²) in [5, 5.41) is 0. The highest BCUT2D eigenvalue weighted by atomic mass is 79.9. The second-order valence-corrected chi connectivity index (χ2v) is 9.64. The molecule has 0 unspecified atom stereocenters. The van der Waals surface area contributed by atoms with Gasteiger partial charge in [0.1, 0.15) is 30.5 Å². The second kappa shape index (κ2) is 10.0. The van der Waals surface area contributed by atoms with Crippen LogP contribution in [0.1, 0.15) is 41.0 Å². The van der Waals surface area contributed by atoms with Gasteiger partial charge in [0.05, 0.1) is 0 Å². The highest BCUT2D eigenvalue weighted by Crippen LogP contribution is 2.47. The van der Waals surface area contributed by atoms with E-state index >= 15 is 4.39 Å². The van der Waals surface area contributed by atoms with Crippen LogP contribution in [0.15, 0.2) is 89.4 Å². The molecule has 0 saturated heterocycles. The molecule has 4 aromatic carbocycles. The molecule has 0 bridgehead atoms. The Morgan fingerprint density at radius 1 is 0.765 bits per heavy atom. The SMILES string of the molecule is Cc1cc(-c2cc(C3CC3)c(OCc3ccccc3)cc2F)c(Br)cc1OCc1ccccc1. The van der Waals surface area contributed by atoms with Gasteiger partial charge in [-0.05, 0) is 71.7 Å². The molecule has 0 aliphatic heterocycles. The summed E-state index contributed by atoms with van der Waals surface area (Å²) in [5.41, 5.74) is 5.62. The molecule has 0 spiro atoms. The predicted octanol–water partition coefficient (Wildman–Crippen LogP) is 8.60. The Labute approximate surface area is 208 Å². The van der Waals surface area contributed by atoms with Crippen LogP contribution in [0, 0.1) is 12.7 Å². The maximum atomic E-state index is 15.4. The lowest BCUT2D eigenvalue weighted by atomic mass is 9.98. The second-order valence-electron chi connectivity index (χ2n) is 8.79. The van der Waals surface area contributed by atoms with Crippen molar-refractivity contribution in [1.82, 2.24) is 0 Å². The third kappa shape index (κ3) is 5.18. The van der Waals surface area contributed by atoms with E-state index in [9.17, 15) is 0 Å². The van der Waals surface area contributed by atoms with E-state index in [1.165, 1.54) is 0 Å². The minimum absolute atomic E-state index is 0.287. The fraction of sp³-hybridized carbons (Fsp3) is 0.200. The highest BCUT2D eigenvalue weighted by Gasteiger charge is 2.29. The van der Waals surface area contributed by atoms with Gasteiger partial charge in [-0.25, -0.2) is 4.39 Å². The van der Waals surface area contributed by atoms with Crippen LogP contribution in [0.4, 0.5) is 4.39 Å².